The molecular weight excluding hydrogens is 250 g/mol. The number of imidazole rings is 1. The van der Waals surface area contributed by atoms with Gasteiger partial charge in [0, 0.05) is 12.8 Å². The Morgan fingerprint density at radius 3 is 2.61 bits per heavy atom. The molecule has 0 atom stereocenters. The van der Waals surface area contributed by atoms with Gasteiger partial charge in [0.25, 0.3) is 0 Å². The molecule has 1 heterocycles. The van der Waals surface area contributed by atoms with Gasteiger partial charge in [-0.05, 0) is 26.0 Å². The van der Waals surface area contributed by atoms with Gasteiger partial charge >= 0.3 is 0 Å². The molecule has 0 radical (unpaired) electrons. The maximum absolute atomic E-state index is 11.6. The number of anilines is 1. The molecule has 0 amide bonds. The highest BCUT2D eigenvalue weighted by molar-refractivity contribution is 7.92. The van der Waals surface area contributed by atoms with E-state index < -0.39 is 14.6 Å². The minimum Gasteiger partial charge on any atom is -0.354 e. The first kappa shape index (κ1) is 12.9. The van der Waals surface area contributed by atoms with Crippen molar-refractivity contribution in [2.45, 2.75) is 18.6 Å². The largest absolute Gasteiger partial charge is 0.354 e. The number of hydrogen-bond donors (Lipinski definition) is 2. The number of rotatable bonds is 4. The van der Waals surface area contributed by atoms with Crippen LogP contribution in [0.3, 0.4) is 0 Å². The zero-order valence-electron chi connectivity index (χ0n) is 10.7. The van der Waals surface area contributed by atoms with Crippen LogP contribution in [-0.2, 0) is 9.84 Å². The van der Waals surface area contributed by atoms with Crippen LogP contribution in [0.1, 0.15) is 13.8 Å². The Bertz CT molecular complexity index is 626. The van der Waals surface area contributed by atoms with Gasteiger partial charge in [0.05, 0.1) is 15.8 Å². The Morgan fingerprint density at radius 1 is 1.33 bits per heavy atom. The van der Waals surface area contributed by atoms with E-state index in [1.807, 2.05) is 24.3 Å². The Hall–Kier alpha value is -1.56. The lowest BCUT2D eigenvalue weighted by atomic mass is 10.2. The van der Waals surface area contributed by atoms with Crippen LogP contribution in [0.15, 0.2) is 24.3 Å². The van der Waals surface area contributed by atoms with Crippen LogP contribution in [0.4, 0.5) is 5.95 Å². The monoisotopic (exact) mass is 267 g/mol. The molecule has 1 aromatic carbocycles. The topological polar surface area (TPSA) is 74.8 Å². The average Bonchev–Trinajstić information content (AvgIpc) is 2.67. The highest BCUT2D eigenvalue weighted by atomic mass is 32.2. The fourth-order valence-electron chi connectivity index (χ4n) is 1.46. The molecular formula is C12H17N3O2S. The van der Waals surface area contributed by atoms with Crippen molar-refractivity contribution >= 4 is 26.8 Å². The lowest BCUT2D eigenvalue weighted by Gasteiger charge is -2.22. The number of aromatic nitrogens is 2. The van der Waals surface area contributed by atoms with Gasteiger partial charge in [0.15, 0.2) is 9.84 Å². The summed E-state index contributed by atoms with van der Waals surface area (Å²) in [5.41, 5.74) is 1.79. The van der Waals surface area contributed by atoms with Crippen LogP contribution in [0.5, 0.6) is 0 Å². The third-order valence-electron chi connectivity index (χ3n) is 3.07. The van der Waals surface area contributed by atoms with Crippen LogP contribution < -0.4 is 5.32 Å². The second kappa shape index (κ2) is 4.28. The molecule has 2 aromatic rings. The highest BCUT2D eigenvalue weighted by Crippen LogP contribution is 2.17. The van der Waals surface area contributed by atoms with Crippen molar-refractivity contribution in [3.63, 3.8) is 0 Å². The number of aromatic amines is 1. The molecule has 98 valence electrons. The Morgan fingerprint density at radius 2 is 2.00 bits per heavy atom. The maximum atomic E-state index is 11.6. The van der Waals surface area contributed by atoms with Gasteiger partial charge in [0.2, 0.25) is 5.95 Å². The molecule has 0 aliphatic rings. The standard InChI is InChI=1S/C12H17N3O2S/c1-12(2,18(3,16)17)8-13-11-14-9-6-4-5-7-10(9)15-11/h4-7H,8H2,1-3H3,(H2,13,14,15). The van der Waals surface area contributed by atoms with Crippen LogP contribution in [-0.4, -0.2) is 35.9 Å². The van der Waals surface area contributed by atoms with Gasteiger partial charge < -0.3 is 10.3 Å². The number of sulfone groups is 1. The zero-order valence-corrected chi connectivity index (χ0v) is 11.5. The summed E-state index contributed by atoms with van der Waals surface area (Å²) in [7, 11) is -3.11. The van der Waals surface area contributed by atoms with Gasteiger partial charge in [-0.2, -0.15) is 0 Å². The molecule has 0 fully saturated rings. The number of nitrogens with zero attached hydrogens (tertiary/aromatic N) is 1. The van der Waals surface area contributed by atoms with Gasteiger partial charge in [-0.25, -0.2) is 13.4 Å². The number of fused-ring (bicyclic) bond motifs is 1. The second-order valence-electron chi connectivity index (χ2n) is 4.99. The zero-order chi connectivity index (χ0) is 13.4. The fraction of sp³-hybridized carbons (Fsp3) is 0.417. The predicted octanol–water partition coefficient (Wildman–Crippen LogP) is 1.80. The van der Waals surface area contributed by atoms with E-state index in [9.17, 15) is 8.42 Å². The minimum atomic E-state index is -3.11. The number of H-pyrrole nitrogens is 1. The predicted molar refractivity (Wildman–Crippen MR) is 73.5 cm³/mol. The lowest BCUT2D eigenvalue weighted by molar-refractivity contribution is 0.559. The normalized spacial score (nSPS) is 12.8. The summed E-state index contributed by atoms with van der Waals surface area (Å²) < 4.78 is 22.3. The third kappa shape index (κ3) is 2.48. The van der Waals surface area contributed by atoms with Crippen molar-refractivity contribution in [3.05, 3.63) is 24.3 Å². The van der Waals surface area contributed by atoms with Crippen molar-refractivity contribution in [1.82, 2.24) is 9.97 Å². The van der Waals surface area contributed by atoms with E-state index in [-0.39, 0.29) is 0 Å². The van der Waals surface area contributed by atoms with Crippen LogP contribution in [0, 0.1) is 0 Å². The molecule has 0 saturated carbocycles. The summed E-state index contributed by atoms with van der Waals surface area (Å²) in [4.78, 5) is 7.44. The van der Waals surface area contributed by atoms with Crippen molar-refractivity contribution < 1.29 is 8.42 Å². The number of hydrogen-bond acceptors (Lipinski definition) is 4. The average molecular weight is 267 g/mol. The quantitative estimate of drug-likeness (QED) is 0.885. The second-order valence-corrected chi connectivity index (χ2v) is 7.64. The van der Waals surface area contributed by atoms with E-state index in [0.717, 1.165) is 11.0 Å². The lowest BCUT2D eigenvalue weighted by Crippen LogP contribution is -2.38. The molecule has 0 bridgehead atoms. The minimum absolute atomic E-state index is 0.311. The summed E-state index contributed by atoms with van der Waals surface area (Å²) in [5.74, 6) is 0.591. The summed E-state index contributed by atoms with van der Waals surface area (Å²) in [5, 5.41) is 3.04. The van der Waals surface area contributed by atoms with Crippen molar-refractivity contribution in [1.29, 1.82) is 0 Å². The van der Waals surface area contributed by atoms with Gasteiger partial charge in [0.1, 0.15) is 0 Å². The van der Waals surface area contributed by atoms with Crippen molar-refractivity contribution in [2.24, 2.45) is 0 Å². The molecule has 18 heavy (non-hydrogen) atoms. The number of nitrogens with one attached hydrogen (secondary N) is 2. The van der Waals surface area contributed by atoms with Gasteiger partial charge in [-0.1, -0.05) is 12.1 Å². The molecule has 0 aliphatic carbocycles. The number of benzene rings is 1. The Kier molecular flexibility index (Phi) is 3.06. The van der Waals surface area contributed by atoms with Crippen LogP contribution in [0.25, 0.3) is 11.0 Å². The molecule has 6 heteroatoms. The molecule has 0 unspecified atom stereocenters. The first-order chi connectivity index (χ1) is 8.29. The summed E-state index contributed by atoms with van der Waals surface area (Å²) >= 11 is 0. The van der Waals surface area contributed by atoms with Crippen molar-refractivity contribution in [2.75, 3.05) is 18.1 Å². The van der Waals surface area contributed by atoms with E-state index in [4.69, 9.17) is 0 Å². The SMILES string of the molecule is CC(C)(CNc1nc2ccccc2[nH]1)S(C)(=O)=O. The van der Waals surface area contributed by atoms with E-state index >= 15 is 0 Å². The molecule has 5 nitrogen and oxygen atoms in total. The Labute approximate surface area is 107 Å². The molecule has 0 spiro atoms. The van der Waals surface area contributed by atoms with Gasteiger partial charge in [-0.3, -0.25) is 0 Å². The fourth-order valence-corrected chi connectivity index (χ4v) is 1.80. The molecule has 1 aromatic heterocycles. The Balaban J connectivity index is 2.16. The van der Waals surface area contributed by atoms with Crippen LogP contribution in [0.2, 0.25) is 0 Å². The highest BCUT2D eigenvalue weighted by Gasteiger charge is 2.30. The molecule has 2 N–H and O–H groups in total. The van der Waals surface area contributed by atoms with E-state index in [0.29, 0.717) is 12.5 Å². The van der Waals surface area contributed by atoms with E-state index in [1.165, 1.54) is 6.26 Å². The van der Waals surface area contributed by atoms with E-state index in [1.54, 1.807) is 13.8 Å². The van der Waals surface area contributed by atoms with Crippen LogP contribution >= 0.6 is 0 Å². The van der Waals surface area contributed by atoms with E-state index in [2.05, 4.69) is 15.3 Å². The summed E-state index contributed by atoms with van der Waals surface area (Å²) in [6.07, 6.45) is 1.24. The summed E-state index contributed by atoms with van der Waals surface area (Å²) in [6.45, 7) is 3.70. The first-order valence-corrected chi connectivity index (χ1v) is 7.57. The summed E-state index contributed by atoms with van der Waals surface area (Å²) in [6, 6.07) is 7.66. The first-order valence-electron chi connectivity index (χ1n) is 5.68. The molecule has 0 saturated heterocycles. The smallest absolute Gasteiger partial charge is 0.201 e. The van der Waals surface area contributed by atoms with Gasteiger partial charge in [-0.15, -0.1) is 0 Å². The molecule has 0 aliphatic heterocycles. The molecule has 2 rings (SSSR count). The maximum Gasteiger partial charge on any atom is 0.201 e. The third-order valence-corrected chi connectivity index (χ3v) is 5.23. The number of para-hydroxylation sites is 2. The van der Waals surface area contributed by atoms with Crippen molar-refractivity contribution in [3.8, 4) is 0 Å².